The Morgan fingerprint density at radius 3 is 2.81 bits per heavy atom. The van der Waals surface area contributed by atoms with Crippen LogP contribution in [0.4, 0.5) is 5.69 Å². The van der Waals surface area contributed by atoms with Crippen LogP contribution in [0.15, 0.2) is 47.1 Å². The van der Waals surface area contributed by atoms with Gasteiger partial charge in [-0.05, 0) is 30.2 Å². The van der Waals surface area contributed by atoms with Gasteiger partial charge in [0.05, 0.1) is 25.3 Å². The maximum absolute atomic E-state index is 13.1. The number of furan rings is 1. The highest BCUT2D eigenvalue weighted by atomic mass is 16.5. The second-order valence-corrected chi connectivity index (χ2v) is 6.72. The molecule has 1 aliphatic rings. The number of para-hydroxylation sites is 1. The van der Waals surface area contributed by atoms with Gasteiger partial charge < -0.3 is 19.0 Å². The summed E-state index contributed by atoms with van der Waals surface area (Å²) in [5.41, 5.74) is 2.03. The lowest BCUT2D eigenvalue weighted by Gasteiger charge is -2.25. The normalized spacial score (nSPS) is 16.7. The third-order valence-corrected chi connectivity index (χ3v) is 4.94. The molecule has 144 valence electrons. The number of ether oxygens (including phenoxy) is 1. The summed E-state index contributed by atoms with van der Waals surface area (Å²) in [7, 11) is 1.61. The molecular weight excluding hydrogens is 344 g/mol. The van der Waals surface area contributed by atoms with Crippen molar-refractivity contribution in [2.75, 3.05) is 31.7 Å². The van der Waals surface area contributed by atoms with E-state index in [1.165, 1.54) is 0 Å². The van der Waals surface area contributed by atoms with Crippen LogP contribution in [0.1, 0.15) is 24.7 Å². The lowest BCUT2D eigenvalue weighted by molar-refractivity contribution is -0.137. The van der Waals surface area contributed by atoms with Crippen molar-refractivity contribution >= 4 is 17.5 Å². The molecule has 3 rings (SSSR count). The summed E-state index contributed by atoms with van der Waals surface area (Å²) in [5.74, 6) is 0.332. The van der Waals surface area contributed by atoms with Crippen molar-refractivity contribution in [3.63, 3.8) is 0 Å². The Labute approximate surface area is 159 Å². The standard InChI is InChI=1S/C21H26N2O4/c1-3-16-7-4-5-9-19(16)23-14-17(13-20(23)24)21(25)22(10-12-26-2)15-18-8-6-11-27-18/h4-9,11,17H,3,10,12-15H2,1-2H3. The number of amides is 2. The van der Waals surface area contributed by atoms with Gasteiger partial charge in [-0.25, -0.2) is 0 Å². The molecule has 2 amide bonds. The molecule has 0 spiro atoms. The van der Waals surface area contributed by atoms with Crippen LogP contribution < -0.4 is 4.90 Å². The van der Waals surface area contributed by atoms with Gasteiger partial charge in [-0.15, -0.1) is 0 Å². The second-order valence-electron chi connectivity index (χ2n) is 6.72. The van der Waals surface area contributed by atoms with Crippen LogP contribution in [0.3, 0.4) is 0 Å². The molecule has 1 fully saturated rings. The first-order valence-corrected chi connectivity index (χ1v) is 9.32. The molecule has 2 aromatic rings. The zero-order valence-corrected chi connectivity index (χ0v) is 15.9. The van der Waals surface area contributed by atoms with Gasteiger partial charge in [0.2, 0.25) is 11.8 Å². The van der Waals surface area contributed by atoms with Gasteiger partial charge >= 0.3 is 0 Å². The van der Waals surface area contributed by atoms with Crippen LogP contribution in [0, 0.1) is 5.92 Å². The van der Waals surface area contributed by atoms with E-state index in [0.717, 1.165) is 23.4 Å². The summed E-state index contributed by atoms with van der Waals surface area (Å²) in [6.45, 7) is 3.77. The molecule has 1 aliphatic heterocycles. The number of benzene rings is 1. The van der Waals surface area contributed by atoms with E-state index in [1.807, 2.05) is 30.3 Å². The van der Waals surface area contributed by atoms with Crippen LogP contribution in [0.25, 0.3) is 0 Å². The predicted molar refractivity (Wildman–Crippen MR) is 102 cm³/mol. The number of carbonyl (C=O) groups excluding carboxylic acids is 2. The van der Waals surface area contributed by atoms with Crippen molar-refractivity contribution in [2.45, 2.75) is 26.3 Å². The molecule has 1 aromatic heterocycles. The molecule has 6 nitrogen and oxygen atoms in total. The Hall–Kier alpha value is -2.60. The van der Waals surface area contributed by atoms with Gasteiger partial charge in [0, 0.05) is 32.3 Å². The highest BCUT2D eigenvalue weighted by Crippen LogP contribution is 2.29. The van der Waals surface area contributed by atoms with Crippen molar-refractivity contribution in [2.24, 2.45) is 5.92 Å². The van der Waals surface area contributed by atoms with Crippen LogP contribution >= 0.6 is 0 Å². The van der Waals surface area contributed by atoms with Crippen molar-refractivity contribution in [1.82, 2.24) is 4.90 Å². The molecule has 2 heterocycles. The van der Waals surface area contributed by atoms with Crippen molar-refractivity contribution in [3.05, 3.63) is 54.0 Å². The highest BCUT2D eigenvalue weighted by molar-refractivity contribution is 6.00. The molecule has 1 saturated heterocycles. The minimum absolute atomic E-state index is 0.000981. The third-order valence-electron chi connectivity index (χ3n) is 4.94. The molecule has 0 aliphatic carbocycles. The Bertz CT molecular complexity index is 772. The number of carbonyl (C=O) groups is 2. The minimum atomic E-state index is -0.353. The smallest absolute Gasteiger partial charge is 0.228 e. The zero-order valence-electron chi connectivity index (χ0n) is 15.9. The maximum Gasteiger partial charge on any atom is 0.228 e. The quantitative estimate of drug-likeness (QED) is 0.717. The summed E-state index contributed by atoms with van der Waals surface area (Å²) < 4.78 is 10.5. The molecule has 1 atom stereocenters. The summed E-state index contributed by atoms with van der Waals surface area (Å²) >= 11 is 0. The van der Waals surface area contributed by atoms with Gasteiger partial charge in [-0.1, -0.05) is 25.1 Å². The predicted octanol–water partition coefficient (Wildman–Crippen LogP) is 2.87. The molecule has 0 bridgehead atoms. The Morgan fingerprint density at radius 1 is 1.30 bits per heavy atom. The number of methoxy groups -OCH3 is 1. The Kier molecular flexibility index (Phi) is 6.29. The first-order valence-electron chi connectivity index (χ1n) is 9.32. The van der Waals surface area contributed by atoms with Gasteiger partial charge in [-0.2, -0.15) is 0 Å². The highest BCUT2D eigenvalue weighted by Gasteiger charge is 2.37. The first kappa shape index (κ1) is 19.2. The average molecular weight is 370 g/mol. The fourth-order valence-electron chi connectivity index (χ4n) is 3.50. The lowest BCUT2D eigenvalue weighted by Crippen LogP contribution is -2.39. The molecule has 1 aromatic carbocycles. The fourth-order valence-corrected chi connectivity index (χ4v) is 3.50. The number of rotatable bonds is 8. The molecule has 0 saturated carbocycles. The Morgan fingerprint density at radius 2 is 2.11 bits per heavy atom. The number of hydrogen-bond acceptors (Lipinski definition) is 4. The molecule has 6 heteroatoms. The number of anilines is 1. The van der Waals surface area contributed by atoms with Crippen LogP contribution in [0.2, 0.25) is 0 Å². The number of nitrogens with zero attached hydrogens (tertiary/aromatic N) is 2. The molecule has 27 heavy (non-hydrogen) atoms. The van der Waals surface area contributed by atoms with E-state index in [1.54, 1.807) is 29.2 Å². The molecule has 1 unspecified atom stereocenters. The van der Waals surface area contributed by atoms with Crippen LogP contribution in [-0.2, 0) is 27.3 Å². The third kappa shape index (κ3) is 4.39. The van der Waals surface area contributed by atoms with Gasteiger partial charge in [0.15, 0.2) is 0 Å². The number of aryl methyl sites for hydroxylation is 1. The lowest BCUT2D eigenvalue weighted by atomic mass is 10.1. The number of hydrogen-bond donors (Lipinski definition) is 0. The van der Waals surface area contributed by atoms with E-state index in [4.69, 9.17) is 9.15 Å². The summed E-state index contributed by atoms with van der Waals surface area (Å²) in [5, 5.41) is 0. The first-order chi connectivity index (χ1) is 13.1. The van der Waals surface area contributed by atoms with Gasteiger partial charge in [0.25, 0.3) is 0 Å². The van der Waals surface area contributed by atoms with E-state index in [-0.39, 0.29) is 24.2 Å². The van der Waals surface area contributed by atoms with Gasteiger partial charge in [0.1, 0.15) is 5.76 Å². The summed E-state index contributed by atoms with van der Waals surface area (Å²) in [4.78, 5) is 29.2. The van der Waals surface area contributed by atoms with Crippen molar-refractivity contribution in [3.8, 4) is 0 Å². The summed E-state index contributed by atoms with van der Waals surface area (Å²) in [6, 6.07) is 11.5. The largest absolute Gasteiger partial charge is 0.467 e. The topological polar surface area (TPSA) is 63.0 Å². The van der Waals surface area contributed by atoms with E-state index in [9.17, 15) is 9.59 Å². The second kappa shape index (κ2) is 8.86. The van der Waals surface area contributed by atoms with E-state index in [2.05, 4.69) is 6.92 Å². The van der Waals surface area contributed by atoms with Crippen molar-refractivity contribution < 1.29 is 18.7 Å². The average Bonchev–Trinajstić information content (AvgIpc) is 3.34. The monoisotopic (exact) mass is 370 g/mol. The maximum atomic E-state index is 13.1. The van der Waals surface area contributed by atoms with Crippen molar-refractivity contribution in [1.29, 1.82) is 0 Å². The van der Waals surface area contributed by atoms with Crippen LogP contribution in [-0.4, -0.2) is 43.5 Å². The van der Waals surface area contributed by atoms with Crippen LogP contribution in [0.5, 0.6) is 0 Å². The molecule has 0 radical (unpaired) electrons. The summed E-state index contributed by atoms with van der Waals surface area (Å²) in [6.07, 6.45) is 2.67. The van der Waals surface area contributed by atoms with E-state index in [0.29, 0.717) is 26.2 Å². The zero-order chi connectivity index (χ0) is 19.2. The molecular formula is C21H26N2O4. The Balaban J connectivity index is 1.74. The minimum Gasteiger partial charge on any atom is -0.467 e. The molecule has 0 N–H and O–H groups in total. The van der Waals surface area contributed by atoms with E-state index < -0.39 is 0 Å². The van der Waals surface area contributed by atoms with E-state index >= 15 is 0 Å². The van der Waals surface area contributed by atoms with Gasteiger partial charge in [-0.3, -0.25) is 9.59 Å². The fraction of sp³-hybridized carbons (Fsp3) is 0.429. The SMILES string of the molecule is CCc1ccccc1N1CC(C(=O)N(CCOC)Cc2ccco2)CC1=O.